The van der Waals surface area contributed by atoms with Gasteiger partial charge in [-0.2, -0.15) is 0 Å². The van der Waals surface area contributed by atoms with Gasteiger partial charge in [-0.1, -0.05) is 287 Å². The maximum Gasteiger partial charge on any atom is 0.252 e. The monoisotopic (exact) mass is 1260 g/mol. The number of nitrogens with zero attached hydrogens (tertiary/aromatic N) is 3. The van der Waals surface area contributed by atoms with Crippen LogP contribution in [-0.2, 0) is 43.3 Å². The Morgan fingerprint density at radius 1 is 0.309 bits per heavy atom. The number of anilines is 9. The molecular formula is C92H91B2N3. The molecule has 0 amide bonds. The molecule has 0 saturated heterocycles. The molecule has 0 aromatic heterocycles. The van der Waals surface area contributed by atoms with Gasteiger partial charge in [0.1, 0.15) is 0 Å². The first-order chi connectivity index (χ1) is 45.9. The molecule has 480 valence electrons. The zero-order valence-corrected chi connectivity index (χ0v) is 60.4. The molecule has 3 nitrogen and oxygen atoms in total. The largest absolute Gasteiger partial charge is 0.311 e. The van der Waals surface area contributed by atoms with Crippen LogP contribution in [0.15, 0.2) is 218 Å². The average molecular weight is 1260 g/mol. The summed E-state index contributed by atoms with van der Waals surface area (Å²) in [7, 11) is 0.892. The van der Waals surface area contributed by atoms with E-state index in [0.717, 1.165) is 24.3 Å². The predicted octanol–water partition coefficient (Wildman–Crippen LogP) is 20.1. The lowest BCUT2D eigenvalue weighted by Crippen LogP contribution is -2.62. The van der Waals surface area contributed by atoms with Gasteiger partial charge < -0.3 is 14.7 Å². The van der Waals surface area contributed by atoms with Crippen molar-refractivity contribution in [3.05, 3.63) is 296 Å². The molecular weight excluding hydrogens is 1170 g/mol. The van der Waals surface area contributed by atoms with Gasteiger partial charge in [0.2, 0.25) is 0 Å². The highest BCUT2D eigenvalue weighted by Gasteiger charge is 2.52. The molecule has 17 rings (SSSR count). The summed E-state index contributed by atoms with van der Waals surface area (Å²) in [5, 5.41) is 0. The van der Waals surface area contributed by atoms with Crippen LogP contribution in [0.4, 0.5) is 51.2 Å². The van der Waals surface area contributed by atoms with Crippen molar-refractivity contribution in [1.82, 2.24) is 0 Å². The van der Waals surface area contributed by atoms with E-state index in [4.69, 9.17) is 0 Å². The number of benzene rings is 11. The summed E-state index contributed by atoms with van der Waals surface area (Å²) in [4.78, 5) is 8.08. The molecule has 3 aliphatic carbocycles. The summed E-state index contributed by atoms with van der Waals surface area (Å²) in [6, 6.07) is 86.9. The van der Waals surface area contributed by atoms with Gasteiger partial charge in [-0.15, -0.1) is 0 Å². The van der Waals surface area contributed by atoms with Gasteiger partial charge in [0.15, 0.2) is 7.28 Å². The van der Waals surface area contributed by atoms with E-state index in [1.807, 2.05) is 0 Å². The molecule has 5 heteroatoms. The Bertz CT molecular complexity index is 5120. The first-order valence-corrected chi connectivity index (χ1v) is 35.7. The molecule has 0 N–H and O–H groups in total. The van der Waals surface area contributed by atoms with Crippen LogP contribution in [0.25, 0.3) is 11.1 Å². The van der Waals surface area contributed by atoms with E-state index >= 15 is 0 Å². The predicted molar refractivity (Wildman–Crippen MR) is 416 cm³/mol. The number of hydrogen-bond donors (Lipinski definition) is 0. The molecule has 0 fully saturated rings. The van der Waals surface area contributed by atoms with Crippen LogP contribution >= 0.6 is 0 Å². The third-order valence-electron chi connectivity index (χ3n) is 24.7. The van der Waals surface area contributed by atoms with Crippen LogP contribution in [0.3, 0.4) is 0 Å². The zero-order chi connectivity index (χ0) is 67.8. The minimum absolute atomic E-state index is 0.0318. The fourth-order valence-corrected chi connectivity index (χ4v) is 19.2. The van der Waals surface area contributed by atoms with Crippen molar-refractivity contribution in [2.75, 3.05) is 14.7 Å². The molecule has 0 spiro atoms. The first kappa shape index (κ1) is 61.5. The minimum atomic E-state index is -0.316. The van der Waals surface area contributed by atoms with Crippen LogP contribution in [0.1, 0.15) is 203 Å². The van der Waals surface area contributed by atoms with E-state index in [-0.39, 0.29) is 50.0 Å². The van der Waals surface area contributed by atoms with Gasteiger partial charge in [0.05, 0.1) is 11.4 Å². The van der Waals surface area contributed by atoms with Crippen molar-refractivity contribution < 1.29 is 0 Å². The van der Waals surface area contributed by atoms with Crippen molar-refractivity contribution >= 4 is 92.5 Å². The van der Waals surface area contributed by atoms with E-state index in [2.05, 4.69) is 358 Å². The lowest BCUT2D eigenvalue weighted by molar-refractivity contribution is 0.520. The first-order valence-electron chi connectivity index (χ1n) is 35.7. The van der Waals surface area contributed by atoms with E-state index < -0.39 is 0 Å². The molecule has 11 aromatic carbocycles. The van der Waals surface area contributed by atoms with Crippen LogP contribution in [-0.4, -0.2) is 14.0 Å². The molecule has 0 atom stereocenters. The van der Waals surface area contributed by atoms with Crippen molar-refractivity contribution in [1.29, 1.82) is 0 Å². The van der Waals surface area contributed by atoms with Crippen molar-refractivity contribution in [2.24, 2.45) is 0 Å². The van der Waals surface area contributed by atoms with Gasteiger partial charge >= 0.3 is 0 Å². The van der Waals surface area contributed by atoms with E-state index in [1.165, 1.54) is 150 Å². The Balaban J connectivity index is 1.05. The second-order valence-electron chi connectivity index (χ2n) is 34.6. The molecule has 97 heavy (non-hydrogen) atoms. The van der Waals surface area contributed by atoms with Gasteiger partial charge in [-0.05, 0) is 183 Å². The number of hydrogen-bond acceptors (Lipinski definition) is 3. The molecule has 6 aliphatic rings. The standard InChI is InChI=1S/C92H91B2N3/c1-85(2,3)55-38-42-57(43-39-55)95(58-44-40-56(41-45-58)86(4,5)6)60-49-81-84-82(50-60)97(78-37-27-36-75-83(78)61-28-19-26-35-74(61)93-75)80-54-73-71(90(13,14)65-32-23-25-34-67(65)92(73,17)18)52-77(80)94(84)76-51-70-72(91(15,16)66-33-24-22-31-64(66)89(70,11)12)53-79(76)96(81)59-46-47-68-69(48-59)88(9,10)63-30-21-20-29-62(63)87(68,7)8/h19-54,93H,1-18H3. The molecule has 0 unspecified atom stereocenters. The average Bonchev–Trinajstić information content (AvgIpc) is 0.923. The van der Waals surface area contributed by atoms with Crippen LogP contribution in [0.2, 0.25) is 0 Å². The third kappa shape index (κ3) is 8.61. The van der Waals surface area contributed by atoms with E-state index in [1.54, 1.807) is 0 Å². The summed E-state index contributed by atoms with van der Waals surface area (Å²) in [6.07, 6.45) is 0. The second kappa shape index (κ2) is 20.3. The Morgan fingerprint density at radius 2 is 0.680 bits per heavy atom. The topological polar surface area (TPSA) is 9.72 Å². The summed E-state index contributed by atoms with van der Waals surface area (Å²) >= 11 is 0. The molecule has 3 heterocycles. The highest BCUT2D eigenvalue weighted by Crippen LogP contribution is 2.58. The van der Waals surface area contributed by atoms with Crippen LogP contribution in [0.5, 0.6) is 0 Å². The molecule has 0 bridgehead atoms. The van der Waals surface area contributed by atoms with E-state index in [9.17, 15) is 0 Å². The summed E-state index contributed by atoms with van der Waals surface area (Å²) < 4.78 is 0. The minimum Gasteiger partial charge on any atom is -0.311 e. The fourth-order valence-electron chi connectivity index (χ4n) is 19.2. The molecule has 3 aliphatic heterocycles. The normalized spacial score (nSPS) is 17.5. The maximum atomic E-state index is 2.77. The zero-order valence-electron chi connectivity index (χ0n) is 60.4. The van der Waals surface area contributed by atoms with Gasteiger partial charge in [-0.3, -0.25) is 0 Å². The van der Waals surface area contributed by atoms with Gasteiger partial charge in [0.25, 0.3) is 6.71 Å². The number of fused-ring (bicyclic) bond motifs is 13. The summed E-state index contributed by atoms with van der Waals surface area (Å²) in [5.74, 6) is 0. The lowest BCUT2D eigenvalue weighted by Gasteiger charge is -2.50. The van der Waals surface area contributed by atoms with Gasteiger partial charge in [-0.25, -0.2) is 0 Å². The van der Waals surface area contributed by atoms with Crippen molar-refractivity contribution in [3.8, 4) is 11.1 Å². The fraction of sp³-hybridized carbons (Fsp3) is 0.283. The van der Waals surface area contributed by atoms with Crippen molar-refractivity contribution in [3.63, 3.8) is 0 Å². The van der Waals surface area contributed by atoms with E-state index in [0.29, 0.717) is 0 Å². The summed E-state index contributed by atoms with van der Waals surface area (Å²) in [6.45, 7) is 43.5. The Labute approximate surface area is 579 Å². The Morgan fingerprint density at radius 3 is 1.13 bits per heavy atom. The van der Waals surface area contributed by atoms with Gasteiger partial charge in [0, 0.05) is 72.3 Å². The molecule has 11 aromatic rings. The SMILES string of the molecule is CC(C)(C)c1ccc(N(c2ccc(C(C)(C)C)cc2)c2cc3c4c(c2)N(c2cccc5c2-c2ccccc2B5)c2cc5c(cc2B4c2cc4c(cc2N3c2ccc3c(c2)C(C)(C)c2ccccc2C3(C)C)C(C)(C)c2ccccc2C4(C)C)C(C)(C)c2ccccc2C5(C)C)cc1. The highest BCUT2D eigenvalue weighted by molar-refractivity contribution is 7.00. The van der Waals surface area contributed by atoms with Crippen molar-refractivity contribution in [2.45, 2.75) is 168 Å². The van der Waals surface area contributed by atoms with Crippen LogP contribution in [0, 0.1) is 0 Å². The quantitative estimate of drug-likeness (QED) is 0.159. The summed E-state index contributed by atoms with van der Waals surface area (Å²) in [5.41, 5.74) is 37.5. The van der Waals surface area contributed by atoms with Crippen LogP contribution < -0.4 is 42.0 Å². The Hall–Kier alpha value is -9.05. The highest BCUT2D eigenvalue weighted by atomic mass is 15.2. The lowest BCUT2D eigenvalue weighted by atomic mass is 9.32. The number of rotatable bonds is 5. The molecule has 0 radical (unpaired) electrons. The Kier molecular flexibility index (Phi) is 12.9. The maximum absolute atomic E-state index is 2.77. The molecule has 0 saturated carbocycles. The second-order valence-corrected chi connectivity index (χ2v) is 34.6. The smallest absolute Gasteiger partial charge is 0.252 e. The third-order valence-corrected chi connectivity index (χ3v) is 24.7.